The van der Waals surface area contributed by atoms with Crippen molar-refractivity contribution in [3.8, 4) is 0 Å². The fourth-order valence-electron chi connectivity index (χ4n) is 2.22. The molecule has 112 valence electrons. The van der Waals surface area contributed by atoms with Crippen LogP contribution in [0.4, 0.5) is 14.5 Å². The number of nitrogens with two attached hydrogens (primary N) is 1. The van der Waals surface area contributed by atoms with Crippen LogP contribution in [0, 0.1) is 17.6 Å². The highest BCUT2D eigenvalue weighted by Crippen LogP contribution is 2.21. The first-order chi connectivity index (χ1) is 9.97. The standard InChI is InChI=1S/C16H19F2N3/c1-11(16(19)15-8-5-13(18)9-20-15)10-21(2)14-6-3-12(17)4-7-14/h3-9,11,16H,10,19H2,1-2H3. The van der Waals surface area contributed by atoms with Crippen LogP contribution in [0.3, 0.4) is 0 Å². The number of rotatable bonds is 5. The van der Waals surface area contributed by atoms with Gasteiger partial charge in [0.2, 0.25) is 0 Å². The van der Waals surface area contributed by atoms with Gasteiger partial charge in [-0.2, -0.15) is 0 Å². The second-order valence-electron chi connectivity index (χ2n) is 5.26. The van der Waals surface area contributed by atoms with E-state index in [1.807, 2.05) is 18.9 Å². The lowest BCUT2D eigenvalue weighted by atomic mass is 9.98. The maximum atomic E-state index is 12.9. The van der Waals surface area contributed by atoms with Crippen LogP contribution in [-0.2, 0) is 0 Å². The zero-order valence-corrected chi connectivity index (χ0v) is 12.1. The molecule has 0 bridgehead atoms. The minimum Gasteiger partial charge on any atom is -0.374 e. The fourth-order valence-corrected chi connectivity index (χ4v) is 2.22. The monoisotopic (exact) mass is 291 g/mol. The molecule has 1 aromatic heterocycles. The van der Waals surface area contributed by atoms with Crippen molar-refractivity contribution in [1.82, 2.24) is 4.98 Å². The van der Waals surface area contributed by atoms with E-state index in [0.717, 1.165) is 5.69 Å². The summed E-state index contributed by atoms with van der Waals surface area (Å²) in [7, 11) is 1.93. The van der Waals surface area contributed by atoms with Crippen molar-refractivity contribution in [2.45, 2.75) is 13.0 Å². The first-order valence-corrected chi connectivity index (χ1v) is 6.81. The lowest BCUT2D eigenvalue weighted by Crippen LogP contribution is -2.31. The second-order valence-corrected chi connectivity index (χ2v) is 5.26. The lowest BCUT2D eigenvalue weighted by Gasteiger charge is -2.27. The molecular formula is C16H19F2N3. The first kappa shape index (κ1) is 15.4. The molecule has 0 aliphatic carbocycles. The Bertz CT molecular complexity index is 569. The maximum absolute atomic E-state index is 12.9. The van der Waals surface area contributed by atoms with Gasteiger partial charge in [0.1, 0.15) is 11.6 Å². The van der Waals surface area contributed by atoms with Crippen LogP contribution in [-0.4, -0.2) is 18.6 Å². The quantitative estimate of drug-likeness (QED) is 0.920. The van der Waals surface area contributed by atoms with Gasteiger partial charge >= 0.3 is 0 Å². The van der Waals surface area contributed by atoms with Crippen LogP contribution >= 0.6 is 0 Å². The van der Waals surface area contributed by atoms with E-state index >= 15 is 0 Å². The number of pyridine rings is 1. The van der Waals surface area contributed by atoms with Crippen LogP contribution in [0.15, 0.2) is 42.6 Å². The van der Waals surface area contributed by atoms with Gasteiger partial charge in [-0.05, 0) is 42.3 Å². The van der Waals surface area contributed by atoms with Crippen LogP contribution in [0.2, 0.25) is 0 Å². The summed E-state index contributed by atoms with van der Waals surface area (Å²) in [5.74, 6) is -0.521. The van der Waals surface area contributed by atoms with Gasteiger partial charge in [-0.15, -0.1) is 0 Å². The molecule has 0 amide bonds. The highest BCUT2D eigenvalue weighted by molar-refractivity contribution is 5.45. The molecule has 0 saturated heterocycles. The summed E-state index contributed by atoms with van der Waals surface area (Å²) in [4.78, 5) is 6.03. The maximum Gasteiger partial charge on any atom is 0.141 e. The van der Waals surface area contributed by atoms with E-state index in [1.54, 1.807) is 18.2 Å². The van der Waals surface area contributed by atoms with Crippen molar-refractivity contribution >= 4 is 5.69 Å². The second kappa shape index (κ2) is 6.63. The Kier molecular flexibility index (Phi) is 4.85. The number of hydrogen-bond acceptors (Lipinski definition) is 3. The van der Waals surface area contributed by atoms with Crippen LogP contribution in [0.5, 0.6) is 0 Å². The zero-order valence-electron chi connectivity index (χ0n) is 12.1. The summed E-state index contributed by atoms with van der Waals surface area (Å²) in [6.45, 7) is 2.70. The third-order valence-corrected chi connectivity index (χ3v) is 3.53. The third-order valence-electron chi connectivity index (χ3n) is 3.53. The van der Waals surface area contributed by atoms with Gasteiger partial charge in [0.15, 0.2) is 0 Å². The minimum atomic E-state index is -0.373. The van der Waals surface area contributed by atoms with Crippen molar-refractivity contribution in [1.29, 1.82) is 0 Å². The van der Waals surface area contributed by atoms with Crippen molar-refractivity contribution in [2.75, 3.05) is 18.5 Å². The van der Waals surface area contributed by atoms with Crippen molar-refractivity contribution in [2.24, 2.45) is 11.7 Å². The number of halogens is 2. The summed E-state index contributed by atoms with van der Waals surface area (Å²) < 4.78 is 25.8. The van der Waals surface area contributed by atoms with E-state index in [1.165, 1.54) is 24.4 Å². The Morgan fingerprint density at radius 2 is 1.71 bits per heavy atom. The van der Waals surface area contributed by atoms with Crippen molar-refractivity contribution < 1.29 is 8.78 Å². The molecule has 0 radical (unpaired) electrons. The van der Waals surface area contributed by atoms with Crippen LogP contribution < -0.4 is 10.6 Å². The number of nitrogens with zero attached hydrogens (tertiary/aromatic N) is 2. The average molecular weight is 291 g/mol. The average Bonchev–Trinajstić information content (AvgIpc) is 2.47. The summed E-state index contributed by atoms with van der Waals surface area (Å²) in [6, 6.07) is 8.99. The SMILES string of the molecule is CC(CN(C)c1ccc(F)cc1)C(N)c1ccc(F)cn1. The molecule has 2 unspecified atom stereocenters. The molecule has 1 heterocycles. The summed E-state index contributed by atoms with van der Waals surface area (Å²) in [6.07, 6.45) is 1.17. The smallest absolute Gasteiger partial charge is 0.141 e. The van der Waals surface area contributed by atoms with Crippen molar-refractivity contribution in [3.05, 3.63) is 59.9 Å². The van der Waals surface area contributed by atoms with Gasteiger partial charge < -0.3 is 10.6 Å². The molecule has 0 aliphatic heterocycles. The van der Waals surface area contributed by atoms with Gasteiger partial charge in [-0.1, -0.05) is 6.92 Å². The predicted molar refractivity (Wildman–Crippen MR) is 80.0 cm³/mol. The number of anilines is 1. The van der Waals surface area contributed by atoms with Gasteiger partial charge in [-0.3, -0.25) is 4.98 Å². The minimum absolute atomic E-state index is 0.109. The van der Waals surface area contributed by atoms with E-state index in [0.29, 0.717) is 12.2 Å². The molecule has 5 heteroatoms. The van der Waals surface area contributed by atoms with E-state index < -0.39 is 0 Å². The van der Waals surface area contributed by atoms with Crippen LogP contribution in [0.25, 0.3) is 0 Å². The zero-order chi connectivity index (χ0) is 15.4. The molecule has 3 nitrogen and oxygen atoms in total. The Morgan fingerprint density at radius 3 is 2.29 bits per heavy atom. The number of hydrogen-bond donors (Lipinski definition) is 1. The highest BCUT2D eigenvalue weighted by atomic mass is 19.1. The number of benzene rings is 1. The summed E-state index contributed by atoms with van der Waals surface area (Å²) >= 11 is 0. The molecule has 2 N–H and O–H groups in total. The molecule has 0 fully saturated rings. The normalized spacial score (nSPS) is 13.8. The first-order valence-electron chi connectivity index (χ1n) is 6.81. The van der Waals surface area contributed by atoms with Gasteiger partial charge in [-0.25, -0.2) is 8.78 Å². The van der Waals surface area contributed by atoms with Crippen molar-refractivity contribution in [3.63, 3.8) is 0 Å². The molecule has 0 aliphatic rings. The molecule has 0 saturated carbocycles. The fraction of sp³-hybridized carbons (Fsp3) is 0.312. The summed E-state index contributed by atoms with van der Waals surface area (Å²) in [5, 5.41) is 0. The van der Waals surface area contributed by atoms with E-state index in [4.69, 9.17) is 5.73 Å². The Morgan fingerprint density at radius 1 is 1.10 bits per heavy atom. The molecular weight excluding hydrogens is 272 g/mol. The Hall–Kier alpha value is -2.01. The lowest BCUT2D eigenvalue weighted by molar-refractivity contribution is 0.462. The molecule has 21 heavy (non-hydrogen) atoms. The van der Waals surface area contributed by atoms with Crippen LogP contribution in [0.1, 0.15) is 18.7 Å². The number of aromatic nitrogens is 1. The van der Waals surface area contributed by atoms with Gasteiger partial charge in [0, 0.05) is 19.3 Å². The predicted octanol–water partition coefficient (Wildman–Crippen LogP) is 3.13. The van der Waals surface area contributed by atoms with E-state index in [9.17, 15) is 8.78 Å². The topological polar surface area (TPSA) is 42.1 Å². The molecule has 2 rings (SSSR count). The van der Waals surface area contributed by atoms with E-state index in [-0.39, 0.29) is 23.6 Å². The van der Waals surface area contributed by atoms with Gasteiger partial charge in [0.25, 0.3) is 0 Å². The Labute approximate surface area is 123 Å². The van der Waals surface area contributed by atoms with Gasteiger partial charge in [0.05, 0.1) is 17.9 Å². The Balaban J connectivity index is 2.01. The van der Waals surface area contributed by atoms with E-state index in [2.05, 4.69) is 4.98 Å². The molecule has 1 aromatic carbocycles. The summed E-state index contributed by atoms with van der Waals surface area (Å²) in [5.41, 5.74) is 7.75. The molecule has 2 aromatic rings. The highest BCUT2D eigenvalue weighted by Gasteiger charge is 2.18. The third kappa shape index (κ3) is 3.98. The molecule has 2 atom stereocenters. The largest absolute Gasteiger partial charge is 0.374 e. The molecule has 0 spiro atoms.